The average Bonchev–Trinajstić information content (AvgIpc) is 2.66. The van der Waals surface area contributed by atoms with Crippen molar-refractivity contribution < 1.29 is 13.2 Å². The zero-order valence-electron chi connectivity index (χ0n) is 15.2. The lowest BCUT2D eigenvalue weighted by Crippen LogP contribution is -2.39. The summed E-state index contributed by atoms with van der Waals surface area (Å²) in [5, 5.41) is 5.42. The summed E-state index contributed by atoms with van der Waals surface area (Å²) in [7, 11) is -3.69. The minimum absolute atomic E-state index is 0.237. The van der Waals surface area contributed by atoms with Crippen molar-refractivity contribution in [2.24, 2.45) is 5.10 Å². The maximum Gasteiger partial charge on any atom is 0.260 e. The van der Waals surface area contributed by atoms with Crippen LogP contribution >= 0.6 is 23.2 Å². The first-order chi connectivity index (χ1) is 13.7. The molecule has 7 nitrogen and oxygen atoms in total. The van der Waals surface area contributed by atoms with Gasteiger partial charge in [-0.05, 0) is 36.4 Å². The van der Waals surface area contributed by atoms with Gasteiger partial charge in [-0.3, -0.25) is 9.10 Å². The van der Waals surface area contributed by atoms with E-state index in [1.807, 2.05) is 24.3 Å². The maximum atomic E-state index is 12.2. The van der Waals surface area contributed by atoms with E-state index in [1.165, 1.54) is 18.3 Å². The third-order valence-electron chi connectivity index (χ3n) is 3.90. The molecule has 0 unspecified atom stereocenters. The molecule has 0 spiro atoms. The molecule has 0 aliphatic carbocycles. The number of aromatic nitrogens is 1. The van der Waals surface area contributed by atoms with Crippen molar-refractivity contribution in [2.45, 2.75) is 0 Å². The van der Waals surface area contributed by atoms with E-state index >= 15 is 0 Å². The Balaban J connectivity index is 1.72. The second-order valence-corrected chi connectivity index (χ2v) is 8.80. The first kappa shape index (κ1) is 21.0. The summed E-state index contributed by atoms with van der Waals surface area (Å²) in [6, 6.07) is 15.3. The number of amides is 1. The van der Waals surface area contributed by atoms with Crippen molar-refractivity contribution in [3.63, 3.8) is 0 Å². The lowest BCUT2D eigenvalue weighted by molar-refractivity contribution is -0.119. The lowest BCUT2D eigenvalue weighted by Gasteiger charge is -2.21. The molecule has 0 aliphatic heterocycles. The molecule has 3 rings (SSSR count). The van der Waals surface area contributed by atoms with E-state index < -0.39 is 22.5 Å². The Morgan fingerprint density at radius 1 is 1.17 bits per heavy atom. The van der Waals surface area contributed by atoms with Crippen molar-refractivity contribution in [2.75, 3.05) is 17.1 Å². The van der Waals surface area contributed by atoms with Crippen LogP contribution < -0.4 is 9.73 Å². The number of para-hydroxylation sites is 1. The van der Waals surface area contributed by atoms with Gasteiger partial charge in [0.2, 0.25) is 10.0 Å². The number of hydrogen-bond donors (Lipinski definition) is 1. The molecule has 0 saturated carbocycles. The first-order valence-electron chi connectivity index (χ1n) is 8.34. The van der Waals surface area contributed by atoms with Crippen molar-refractivity contribution in [3.8, 4) is 0 Å². The predicted molar refractivity (Wildman–Crippen MR) is 116 cm³/mol. The predicted octanol–water partition coefficient (Wildman–Crippen LogP) is 3.46. The Hall–Kier alpha value is -2.68. The summed E-state index contributed by atoms with van der Waals surface area (Å²) < 4.78 is 25.1. The molecule has 29 heavy (non-hydrogen) atoms. The van der Waals surface area contributed by atoms with Gasteiger partial charge in [0.1, 0.15) is 11.7 Å². The number of benzene rings is 2. The Labute approximate surface area is 178 Å². The van der Waals surface area contributed by atoms with Crippen LogP contribution in [-0.2, 0) is 14.8 Å². The molecule has 1 N–H and O–H groups in total. The van der Waals surface area contributed by atoms with Gasteiger partial charge in [-0.25, -0.2) is 18.8 Å². The zero-order valence-corrected chi connectivity index (χ0v) is 17.5. The summed E-state index contributed by atoms with van der Waals surface area (Å²) in [4.78, 5) is 16.5. The Bertz CT molecular complexity index is 1180. The SMILES string of the molecule is CS(=O)(=O)N(CC(=O)N/N=C\c1cc2ccccc2nc1Cl)c1ccc(Cl)cc1. The van der Waals surface area contributed by atoms with Gasteiger partial charge in [-0.1, -0.05) is 41.4 Å². The van der Waals surface area contributed by atoms with Crippen LogP contribution in [0.2, 0.25) is 10.2 Å². The highest BCUT2D eigenvalue weighted by molar-refractivity contribution is 7.92. The minimum atomic E-state index is -3.69. The number of halogens is 2. The molecule has 0 bridgehead atoms. The number of nitrogens with zero attached hydrogens (tertiary/aromatic N) is 3. The fourth-order valence-electron chi connectivity index (χ4n) is 2.55. The fourth-order valence-corrected chi connectivity index (χ4v) is 3.72. The van der Waals surface area contributed by atoms with Crippen molar-refractivity contribution >= 4 is 61.9 Å². The molecule has 0 saturated heterocycles. The van der Waals surface area contributed by atoms with Crippen molar-refractivity contribution in [3.05, 3.63) is 70.3 Å². The summed E-state index contributed by atoms with van der Waals surface area (Å²) >= 11 is 12.0. The molecule has 0 atom stereocenters. The highest BCUT2D eigenvalue weighted by Gasteiger charge is 2.20. The van der Waals surface area contributed by atoms with Gasteiger partial charge in [0.05, 0.1) is 23.7 Å². The van der Waals surface area contributed by atoms with Gasteiger partial charge in [0.25, 0.3) is 5.91 Å². The highest BCUT2D eigenvalue weighted by atomic mass is 35.5. The maximum absolute atomic E-state index is 12.2. The van der Waals surface area contributed by atoms with Crippen LogP contribution in [0.25, 0.3) is 10.9 Å². The number of anilines is 1. The molecule has 0 fully saturated rings. The minimum Gasteiger partial charge on any atom is -0.271 e. The van der Waals surface area contributed by atoms with Gasteiger partial charge in [-0.2, -0.15) is 5.10 Å². The third kappa shape index (κ3) is 5.44. The van der Waals surface area contributed by atoms with Gasteiger partial charge in [-0.15, -0.1) is 0 Å². The van der Waals surface area contributed by atoms with E-state index in [1.54, 1.807) is 18.2 Å². The van der Waals surface area contributed by atoms with Crippen molar-refractivity contribution in [1.29, 1.82) is 0 Å². The molecule has 0 radical (unpaired) electrons. The molecule has 1 heterocycles. The third-order valence-corrected chi connectivity index (χ3v) is 5.59. The Morgan fingerprint density at radius 3 is 2.55 bits per heavy atom. The summed E-state index contributed by atoms with van der Waals surface area (Å²) in [6.45, 7) is -0.443. The normalized spacial score (nSPS) is 11.7. The largest absolute Gasteiger partial charge is 0.271 e. The average molecular weight is 451 g/mol. The first-order valence-corrected chi connectivity index (χ1v) is 10.9. The molecule has 0 aliphatic rings. The molecule has 1 aromatic heterocycles. The number of pyridine rings is 1. The number of fused-ring (bicyclic) bond motifs is 1. The molecular formula is C19H16Cl2N4O3S. The standard InChI is InChI=1S/C19H16Cl2N4O3S/c1-29(27,28)25(16-8-6-15(20)7-9-16)12-18(26)24-22-11-14-10-13-4-2-3-5-17(13)23-19(14)21/h2-11H,12H2,1H3,(H,24,26)/b22-11-. The number of hydrazone groups is 1. The van der Waals surface area contributed by atoms with Gasteiger partial charge in [0, 0.05) is 16.0 Å². The van der Waals surface area contributed by atoms with Crippen LogP contribution in [0.3, 0.4) is 0 Å². The topological polar surface area (TPSA) is 91.7 Å². The van der Waals surface area contributed by atoms with Gasteiger partial charge in [0.15, 0.2) is 0 Å². The van der Waals surface area contributed by atoms with E-state index in [4.69, 9.17) is 23.2 Å². The van der Waals surface area contributed by atoms with E-state index in [9.17, 15) is 13.2 Å². The molecule has 1 amide bonds. The molecule has 3 aromatic rings. The van der Waals surface area contributed by atoms with Gasteiger partial charge < -0.3 is 0 Å². The zero-order chi connectivity index (χ0) is 21.0. The fraction of sp³-hybridized carbons (Fsp3) is 0.105. The van der Waals surface area contributed by atoms with Crippen LogP contribution in [0.15, 0.2) is 59.7 Å². The van der Waals surface area contributed by atoms with Crippen LogP contribution in [0, 0.1) is 0 Å². The van der Waals surface area contributed by atoms with Crippen LogP contribution in [0.4, 0.5) is 5.69 Å². The van der Waals surface area contributed by atoms with Crippen molar-refractivity contribution in [1.82, 2.24) is 10.4 Å². The van der Waals surface area contributed by atoms with Crippen LogP contribution in [0.5, 0.6) is 0 Å². The second kappa shape index (κ2) is 8.77. The lowest BCUT2D eigenvalue weighted by atomic mass is 10.2. The summed E-state index contributed by atoms with van der Waals surface area (Å²) in [6.07, 6.45) is 2.37. The Morgan fingerprint density at radius 2 is 1.86 bits per heavy atom. The molecular weight excluding hydrogens is 435 g/mol. The number of carbonyl (C=O) groups is 1. The second-order valence-electron chi connectivity index (χ2n) is 6.10. The number of sulfonamides is 1. The number of rotatable bonds is 6. The number of hydrogen-bond acceptors (Lipinski definition) is 5. The number of nitrogens with one attached hydrogen (secondary N) is 1. The molecule has 150 valence electrons. The highest BCUT2D eigenvalue weighted by Crippen LogP contribution is 2.20. The van der Waals surface area contributed by atoms with E-state index in [0.29, 0.717) is 16.3 Å². The quantitative estimate of drug-likeness (QED) is 0.353. The van der Waals surface area contributed by atoms with E-state index in [-0.39, 0.29) is 5.15 Å². The molecule has 2 aromatic carbocycles. The summed E-state index contributed by atoms with van der Waals surface area (Å²) in [5.41, 5.74) is 3.88. The van der Waals surface area contributed by atoms with Crippen LogP contribution in [0.1, 0.15) is 5.56 Å². The van der Waals surface area contributed by atoms with Gasteiger partial charge >= 0.3 is 0 Å². The summed E-state index contributed by atoms with van der Waals surface area (Å²) in [5.74, 6) is -0.619. The smallest absolute Gasteiger partial charge is 0.260 e. The monoisotopic (exact) mass is 450 g/mol. The van der Waals surface area contributed by atoms with E-state index in [0.717, 1.165) is 21.5 Å². The molecule has 10 heteroatoms. The Kier molecular flexibility index (Phi) is 6.36. The van der Waals surface area contributed by atoms with E-state index in [2.05, 4.69) is 15.5 Å². The van der Waals surface area contributed by atoms with Crippen LogP contribution in [-0.4, -0.2) is 38.3 Å². The number of carbonyl (C=O) groups excluding carboxylic acids is 1.